The number of nitrogens with zero attached hydrogens (tertiary/aromatic N) is 1. The molecule has 25 heavy (non-hydrogen) atoms. The third kappa shape index (κ3) is 3.43. The smallest absolute Gasteiger partial charge is 0.341 e. The first-order valence-corrected chi connectivity index (χ1v) is 8.16. The van der Waals surface area contributed by atoms with Crippen LogP contribution in [0.2, 0.25) is 0 Å². The van der Waals surface area contributed by atoms with E-state index in [9.17, 15) is 22.8 Å². The number of hydrogen-bond acceptors (Lipinski definition) is 2. The Hall–Kier alpha value is -2.25. The quantitative estimate of drug-likeness (QED) is 0.853. The van der Waals surface area contributed by atoms with Gasteiger partial charge in [-0.15, -0.1) is 0 Å². The van der Waals surface area contributed by atoms with Gasteiger partial charge in [0.05, 0.1) is 12.1 Å². The van der Waals surface area contributed by atoms with E-state index in [2.05, 4.69) is 10.6 Å². The molecule has 3 fully saturated rings. The molecule has 0 aromatic heterocycles. The van der Waals surface area contributed by atoms with Gasteiger partial charge in [-0.1, -0.05) is 12.1 Å². The van der Waals surface area contributed by atoms with Crippen molar-refractivity contribution in [3.05, 3.63) is 35.4 Å². The normalized spacial score (nSPS) is 23.9. The Kier molecular flexibility index (Phi) is 4.38. The second-order valence-corrected chi connectivity index (χ2v) is 6.81. The number of halogens is 3. The van der Waals surface area contributed by atoms with Crippen LogP contribution in [0.4, 0.5) is 18.0 Å². The predicted octanol–water partition coefficient (Wildman–Crippen LogP) is 2.52. The van der Waals surface area contributed by atoms with Crippen molar-refractivity contribution >= 4 is 11.9 Å². The van der Waals surface area contributed by atoms with Crippen molar-refractivity contribution < 1.29 is 22.8 Å². The maximum Gasteiger partial charge on any atom is 0.416 e. The molecule has 2 bridgehead atoms. The summed E-state index contributed by atoms with van der Waals surface area (Å²) in [5, 5.41) is 4.81. The van der Waals surface area contributed by atoms with Crippen LogP contribution in [0.1, 0.15) is 30.4 Å². The molecule has 136 valence electrons. The van der Waals surface area contributed by atoms with E-state index in [1.807, 2.05) is 0 Å². The zero-order valence-corrected chi connectivity index (χ0v) is 13.8. The second kappa shape index (κ2) is 6.24. The van der Waals surface area contributed by atoms with Crippen LogP contribution in [0.5, 0.6) is 0 Å². The fourth-order valence-corrected chi connectivity index (χ4v) is 3.65. The summed E-state index contributed by atoms with van der Waals surface area (Å²) in [6, 6.07) is 4.57. The fourth-order valence-electron chi connectivity index (χ4n) is 3.65. The first kappa shape index (κ1) is 17.6. The van der Waals surface area contributed by atoms with Gasteiger partial charge in [0.15, 0.2) is 0 Å². The largest absolute Gasteiger partial charge is 0.416 e. The Morgan fingerprint density at radius 2 is 1.96 bits per heavy atom. The second-order valence-electron chi connectivity index (χ2n) is 6.81. The summed E-state index contributed by atoms with van der Waals surface area (Å²) in [5.41, 5.74) is -0.535. The number of nitrogens with one attached hydrogen (secondary N) is 2. The van der Waals surface area contributed by atoms with Crippen LogP contribution in [-0.2, 0) is 17.5 Å². The van der Waals surface area contributed by atoms with Gasteiger partial charge < -0.3 is 15.5 Å². The van der Waals surface area contributed by atoms with Crippen molar-refractivity contribution in [3.8, 4) is 0 Å². The lowest BCUT2D eigenvalue weighted by molar-refractivity contribution is -0.173. The van der Waals surface area contributed by atoms with E-state index in [0.29, 0.717) is 11.5 Å². The fraction of sp³-hybridized carbons (Fsp3) is 0.529. The molecule has 5 nitrogen and oxygen atoms in total. The zero-order chi connectivity index (χ0) is 18.2. The Bertz CT molecular complexity index is 673. The highest BCUT2D eigenvalue weighted by atomic mass is 19.4. The number of benzene rings is 1. The molecule has 4 rings (SSSR count). The minimum Gasteiger partial charge on any atom is -0.341 e. The molecule has 2 N–H and O–H groups in total. The lowest BCUT2D eigenvalue weighted by Crippen LogP contribution is -2.70. The Labute approximate surface area is 143 Å². The molecule has 3 aliphatic rings. The van der Waals surface area contributed by atoms with Crippen LogP contribution in [0.15, 0.2) is 24.3 Å². The minimum absolute atomic E-state index is 0.116. The molecule has 1 aromatic carbocycles. The molecule has 1 aromatic rings. The standard InChI is InChI=1S/C17H20F3N3O2/c1-21-15(25)22-9-14(24)23(16-6-12(7-16)8-16)10-11-3-2-4-13(5-11)17(18,19)20/h2-5,12H,6-10H2,1H3,(H2,21,22,25). The maximum absolute atomic E-state index is 12.9. The molecule has 0 spiro atoms. The molecule has 0 unspecified atom stereocenters. The number of rotatable bonds is 5. The van der Waals surface area contributed by atoms with E-state index in [0.717, 1.165) is 31.4 Å². The SMILES string of the molecule is CNC(=O)NCC(=O)N(Cc1cccc(C(F)(F)F)c1)C12CC(C1)C2. The topological polar surface area (TPSA) is 61.4 Å². The van der Waals surface area contributed by atoms with Gasteiger partial charge >= 0.3 is 12.2 Å². The molecular formula is C17H20F3N3O2. The minimum atomic E-state index is -4.41. The van der Waals surface area contributed by atoms with Crippen molar-refractivity contribution in [2.75, 3.05) is 13.6 Å². The van der Waals surface area contributed by atoms with Gasteiger partial charge in [0, 0.05) is 19.1 Å². The first-order chi connectivity index (χ1) is 11.7. The van der Waals surface area contributed by atoms with Crippen LogP contribution in [-0.4, -0.2) is 36.0 Å². The monoisotopic (exact) mass is 355 g/mol. The number of urea groups is 1. The third-order valence-corrected chi connectivity index (χ3v) is 5.10. The van der Waals surface area contributed by atoms with E-state index >= 15 is 0 Å². The molecule has 0 radical (unpaired) electrons. The molecule has 0 heterocycles. The van der Waals surface area contributed by atoms with Crippen LogP contribution in [0.3, 0.4) is 0 Å². The highest BCUT2D eigenvalue weighted by Gasteiger charge is 2.61. The number of amides is 3. The van der Waals surface area contributed by atoms with E-state index in [1.165, 1.54) is 13.1 Å². The maximum atomic E-state index is 12.9. The Balaban J connectivity index is 1.75. The van der Waals surface area contributed by atoms with Gasteiger partial charge in [-0.05, 0) is 42.9 Å². The highest BCUT2D eigenvalue weighted by Crippen LogP contribution is 2.60. The van der Waals surface area contributed by atoms with Crippen molar-refractivity contribution in [2.45, 2.75) is 37.5 Å². The molecule has 0 atom stereocenters. The molecule has 3 aliphatic carbocycles. The van der Waals surface area contributed by atoms with Crippen molar-refractivity contribution in [2.24, 2.45) is 5.92 Å². The molecule has 3 amide bonds. The molecule has 0 aliphatic heterocycles. The van der Waals surface area contributed by atoms with Crippen molar-refractivity contribution in [3.63, 3.8) is 0 Å². The first-order valence-electron chi connectivity index (χ1n) is 8.16. The number of alkyl halides is 3. The third-order valence-electron chi connectivity index (χ3n) is 5.10. The summed E-state index contributed by atoms with van der Waals surface area (Å²) in [7, 11) is 1.45. The lowest BCUT2D eigenvalue weighted by Gasteiger charge is -2.66. The lowest BCUT2D eigenvalue weighted by atomic mass is 9.49. The summed E-state index contributed by atoms with van der Waals surface area (Å²) in [4.78, 5) is 25.5. The van der Waals surface area contributed by atoms with Gasteiger partial charge in [0.1, 0.15) is 0 Å². The van der Waals surface area contributed by atoms with Crippen molar-refractivity contribution in [1.29, 1.82) is 0 Å². The van der Waals surface area contributed by atoms with Crippen LogP contribution in [0.25, 0.3) is 0 Å². The van der Waals surface area contributed by atoms with E-state index in [-0.39, 0.29) is 24.5 Å². The van der Waals surface area contributed by atoms with Gasteiger partial charge in [-0.3, -0.25) is 4.79 Å². The summed E-state index contributed by atoms with van der Waals surface area (Å²) < 4.78 is 38.7. The number of carbonyl (C=O) groups excluding carboxylic acids is 2. The van der Waals surface area contributed by atoms with Crippen LogP contribution in [0, 0.1) is 5.92 Å². The Morgan fingerprint density at radius 3 is 2.48 bits per heavy atom. The van der Waals surface area contributed by atoms with Gasteiger partial charge in [-0.2, -0.15) is 13.2 Å². The average Bonchev–Trinajstić information content (AvgIpc) is 2.48. The summed E-state index contributed by atoms with van der Waals surface area (Å²) in [6.07, 6.45) is -1.75. The summed E-state index contributed by atoms with van der Waals surface area (Å²) >= 11 is 0. The van der Waals surface area contributed by atoms with Gasteiger partial charge in [-0.25, -0.2) is 4.79 Å². The van der Waals surface area contributed by atoms with Crippen LogP contribution < -0.4 is 10.6 Å². The summed E-state index contributed by atoms with van der Waals surface area (Å²) in [6.45, 7) is -0.0596. The molecular weight excluding hydrogens is 335 g/mol. The van der Waals surface area contributed by atoms with E-state index < -0.39 is 17.8 Å². The average molecular weight is 355 g/mol. The van der Waals surface area contributed by atoms with Gasteiger partial charge in [0.2, 0.25) is 5.91 Å². The van der Waals surface area contributed by atoms with E-state index in [4.69, 9.17) is 0 Å². The number of hydrogen-bond donors (Lipinski definition) is 2. The Morgan fingerprint density at radius 1 is 1.28 bits per heavy atom. The van der Waals surface area contributed by atoms with Gasteiger partial charge in [0.25, 0.3) is 0 Å². The summed E-state index contributed by atoms with van der Waals surface area (Å²) in [5.74, 6) is 0.336. The van der Waals surface area contributed by atoms with E-state index in [1.54, 1.807) is 11.0 Å². The van der Waals surface area contributed by atoms with Crippen LogP contribution >= 0.6 is 0 Å². The zero-order valence-electron chi connectivity index (χ0n) is 13.8. The molecule has 3 saturated carbocycles. The molecule has 8 heteroatoms. The highest BCUT2D eigenvalue weighted by molar-refractivity contribution is 5.84. The number of carbonyl (C=O) groups is 2. The predicted molar refractivity (Wildman–Crippen MR) is 84.5 cm³/mol. The van der Waals surface area contributed by atoms with Crippen molar-refractivity contribution in [1.82, 2.24) is 15.5 Å². The molecule has 0 saturated heterocycles.